The smallest absolute Gasteiger partial charge is 0.263 e. The number of hydrogen-bond acceptors (Lipinski definition) is 6. The van der Waals surface area contributed by atoms with Gasteiger partial charge in [0.1, 0.15) is 19.0 Å². The predicted molar refractivity (Wildman–Crippen MR) is 102 cm³/mol. The minimum Gasteiger partial charge on any atom is -0.486 e. The molecule has 9 heteroatoms. The molecular formula is C19H19N3O5S. The third kappa shape index (κ3) is 3.79. The second kappa shape index (κ2) is 7.51. The molecule has 0 saturated heterocycles. The van der Waals surface area contributed by atoms with Crippen LogP contribution in [0.3, 0.4) is 0 Å². The Morgan fingerprint density at radius 3 is 2.75 bits per heavy atom. The molecule has 2 heterocycles. The number of hydrogen-bond donors (Lipinski definition) is 2. The maximum absolute atomic E-state index is 12.1. The molecule has 0 radical (unpaired) electrons. The lowest BCUT2D eigenvalue weighted by Gasteiger charge is -2.18. The zero-order valence-electron chi connectivity index (χ0n) is 15.0. The molecule has 2 aromatic rings. The van der Waals surface area contributed by atoms with Crippen LogP contribution in [0.4, 0.5) is 0 Å². The molecule has 0 saturated carbocycles. The lowest BCUT2D eigenvalue weighted by molar-refractivity contribution is -0.121. The molecule has 0 atom stereocenters. The van der Waals surface area contributed by atoms with Crippen molar-refractivity contribution in [1.82, 2.24) is 10.0 Å². The second-order valence-electron chi connectivity index (χ2n) is 6.34. The van der Waals surface area contributed by atoms with Crippen molar-refractivity contribution < 1.29 is 22.7 Å². The number of carbonyl (C=O) groups is 1. The van der Waals surface area contributed by atoms with Crippen molar-refractivity contribution in [3.63, 3.8) is 0 Å². The van der Waals surface area contributed by atoms with Crippen LogP contribution in [-0.4, -0.2) is 39.9 Å². The summed E-state index contributed by atoms with van der Waals surface area (Å²) in [6.07, 6.45) is 0.151. The summed E-state index contributed by atoms with van der Waals surface area (Å²) in [5.74, 6) is 1.48. The molecule has 2 aliphatic heterocycles. The van der Waals surface area contributed by atoms with Crippen molar-refractivity contribution in [1.29, 1.82) is 0 Å². The molecule has 2 aliphatic rings. The molecule has 1 amide bonds. The minimum absolute atomic E-state index is 0.151. The molecule has 0 bridgehead atoms. The average Bonchev–Trinajstić information content (AvgIpc) is 2.97. The van der Waals surface area contributed by atoms with Gasteiger partial charge in [0, 0.05) is 18.5 Å². The number of amides is 1. The van der Waals surface area contributed by atoms with Crippen molar-refractivity contribution >= 4 is 21.8 Å². The summed E-state index contributed by atoms with van der Waals surface area (Å²) >= 11 is 0. The van der Waals surface area contributed by atoms with Crippen molar-refractivity contribution in [3.05, 3.63) is 53.6 Å². The molecule has 2 N–H and O–H groups in total. The molecule has 0 unspecified atom stereocenters. The number of sulfonamides is 1. The first-order chi connectivity index (χ1) is 13.5. The van der Waals surface area contributed by atoms with Crippen molar-refractivity contribution in [3.8, 4) is 11.5 Å². The van der Waals surface area contributed by atoms with E-state index in [2.05, 4.69) is 15.0 Å². The highest BCUT2D eigenvalue weighted by Gasteiger charge is 2.29. The quantitative estimate of drug-likeness (QED) is 0.783. The molecule has 2 aromatic carbocycles. The summed E-state index contributed by atoms with van der Waals surface area (Å²) in [5, 5.41) is 2.82. The number of benzene rings is 2. The predicted octanol–water partition coefficient (Wildman–Crippen LogP) is 1.20. The van der Waals surface area contributed by atoms with E-state index in [1.54, 1.807) is 18.2 Å². The fourth-order valence-corrected chi connectivity index (χ4v) is 4.26. The highest BCUT2D eigenvalue weighted by molar-refractivity contribution is 7.90. The Bertz CT molecular complexity index is 1050. The lowest BCUT2D eigenvalue weighted by atomic mass is 10.2. The highest BCUT2D eigenvalue weighted by Crippen LogP contribution is 2.30. The number of ether oxygens (including phenoxy) is 2. The van der Waals surface area contributed by atoms with Gasteiger partial charge in [-0.15, -0.1) is 0 Å². The van der Waals surface area contributed by atoms with Gasteiger partial charge in [-0.1, -0.05) is 18.2 Å². The normalized spacial score (nSPS) is 17.6. The zero-order valence-corrected chi connectivity index (χ0v) is 15.8. The van der Waals surface area contributed by atoms with Crippen LogP contribution in [0.15, 0.2) is 52.4 Å². The van der Waals surface area contributed by atoms with Crippen molar-refractivity contribution in [2.75, 3.05) is 19.8 Å². The number of nitrogens with one attached hydrogen (secondary N) is 2. The van der Waals surface area contributed by atoms with Gasteiger partial charge in [-0.05, 0) is 29.8 Å². The number of fused-ring (bicyclic) bond motifs is 2. The molecule has 28 heavy (non-hydrogen) atoms. The first kappa shape index (κ1) is 18.3. The molecule has 146 valence electrons. The second-order valence-corrected chi connectivity index (χ2v) is 7.99. The monoisotopic (exact) mass is 401 g/mol. The van der Waals surface area contributed by atoms with Gasteiger partial charge in [-0.3, -0.25) is 14.5 Å². The number of amidine groups is 1. The maximum Gasteiger partial charge on any atom is 0.263 e. The first-order valence-electron chi connectivity index (χ1n) is 8.85. The van der Waals surface area contributed by atoms with E-state index in [0.717, 1.165) is 5.56 Å². The Morgan fingerprint density at radius 2 is 1.89 bits per heavy atom. The van der Waals surface area contributed by atoms with Crippen LogP contribution in [0.25, 0.3) is 0 Å². The van der Waals surface area contributed by atoms with E-state index < -0.39 is 10.0 Å². The van der Waals surface area contributed by atoms with Gasteiger partial charge >= 0.3 is 0 Å². The number of nitrogens with zero attached hydrogens (tertiary/aromatic N) is 1. The van der Waals surface area contributed by atoms with E-state index in [4.69, 9.17) is 9.47 Å². The summed E-state index contributed by atoms with van der Waals surface area (Å²) in [4.78, 5) is 16.5. The van der Waals surface area contributed by atoms with Gasteiger partial charge in [0.15, 0.2) is 11.5 Å². The molecule has 4 rings (SSSR count). The van der Waals surface area contributed by atoms with E-state index in [1.807, 2.05) is 18.2 Å². The third-order valence-electron chi connectivity index (χ3n) is 4.37. The molecule has 0 spiro atoms. The van der Waals surface area contributed by atoms with Gasteiger partial charge in [0.25, 0.3) is 10.0 Å². The van der Waals surface area contributed by atoms with E-state index in [-0.39, 0.29) is 29.6 Å². The Morgan fingerprint density at radius 1 is 1.11 bits per heavy atom. The van der Waals surface area contributed by atoms with E-state index in [0.29, 0.717) is 36.8 Å². The van der Waals surface area contributed by atoms with Crippen LogP contribution in [0.5, 0.6) is 11.5 Å². The Balaban J connectivity index is 1.31. The maximum atomic E-state index is 12.1. The largest absolute Gasteiger partial charge is 0.486 e. The van der Waals surface area contributed by atoms with Gasteiger partial charge in [0.05, 0.1) is 11.4 Å². The lowest BCUT2D eigenvalue weighted by Crippen LogP contribution is -2.25. The number of aliphatic imine (C=N–C) groups is 1. The Hall–Kier alpha value is -3.07. The van der Waals surface area contributed by atoms with E-state index in [1.165, 1.54) is 6.07 Å². The summed E-state index contributed by atoms with van der Waals surface area (Å²) in [5.41, 5.74) is 1.43. The average molecular weight is 401 g/mol. The fraction of sp³-hybridized carbons (Fsp3) is 0.263. The standard InChI is InChI=1S/C19H19N3O5S/c23-18(21-12-13-5-6-15-16(11-13)27-10-9-26-15)7-8-20-19-14-3-1-2-4-17(14)28(24,25)22-19/h1-6,11H,7-10,12H2,(H,20,22)(H,21,23). The van der Waals surface area contributed by atoms with Gasteiger partial charge in [-0.25, -0.2) is 8.42 Å². The fourth-order valence-electron chi connectivity index (χ4n) is 3.01. The summed E-state index contributed by atoms with van der Waals surface area (Å²) in [6, 6.07) is 12.2. The number of carbonyl (C=O) groups excluding carboxylic acids is 1. The van der Waals surface area contributed by atoms with Crippen LogP contribution in [0, 0.1) is 0 Å². The summed E-state index contributed by atoms with van der Waals surface area (Å²) in [6.45, 7) is 1.59. The van der Waals surface area contributed by atoms with Crippen molar-refractivity contribution in [2.45, 2.75) is 17.9 Å². The SMILES string of the molecule is O=C(CCN=C1NS(=O)(=O)c2ccccc21)NCc1ccc2c(c1)OCCO2. The zero-order chi connectivity index (χ0) is 19.6. The third-order valence-corrected chi connectivity index (χ3v) is 5.76. The molecule has 0 fully saturated rings. The van der Waals surface area contributed by atoms with Crippen molar-refractivity contribution in [2.24, 2.45) is 4.99 Å². The van der Waals surface area contributed by atoms with Crippen LogP contribution in [0.1, 0.15) is 17.5 Å². The van der Waals surface area contributed by atoms with Crippen LogP contribution < -0.4 is 19.5 Å². The molecule has 8 nitrogen and oxygen atoms in total. The van der Waals surface area contributed by atoms with Gasteiger partial charge < -0.3 is 14.8 Å². The van der Waals surface area contributed by atoms with E-state index >= 15 is 0 Å². The Kier molecular flexibility index (Phi) is 4.91. The Labute approximate surface area is 162 Å². The topological polar surface area (TPSA) is 106 Å². The first-order valence-corrected chi connectivity index (χ1v) is 10.3. The molecular weight excluding hydrogens is 382 g/mol. The van der Waals surface area contributed by atoms with Crippen LogP contribution in [-0.2, 0) is 21.4 Å². The molecule has 0 aliphatic carbocycles. The van der Waals surface area contributed by atoms with Gasteiger partial charge in [-0.2, -0.15) is 0 Å². The van der Waals surface area contributed by atoms with Crippen LogP contribution >= 0.6 is 0 Å². The molecule has 0 aromatic heterocycles. The number of rotatable bonds is 5. The minimum atomic E-state index is -3.56. The summed E-state index contributed by atoms with van der Waals surface area (Å²) < 4.78 is 37.5. The highest BCUT2D eigenvalue weighted by atomic mass is 32.2. The van der Waals surface area contributed by atoms with E-state index in [9.17, 15) is 13.2 Å². The van der Waals surface area contributed by atoms with Gasteiger partial charge in [0.2, 0.25) is 5.91 Å². The summed E-state index contributed by atoms with van der Waals surface area (Å²) in [7, 11) is -3.56. The van der Waals surface area contributed by atoms with Crippen LogP contribution in [0.2, 0.25) is 0 Å².